The number of likely N-dealkylation sites (tertiary alicyclic amines) is 1. The fourth-order valence-electron chi connectivity index (χ4n) is 3.53. The van der Waals surface area contributed by atoms with E-state index in [1.807, 2.05) is 0 Å². The van der Waals surface area contributed by atoms with Gasteiger partial charge in [0.2, 0.25) is 17.7 Å². The van der Waals surface area contributed by atoms with Crippen molar-refractivity contribution in [3.05, 3.63) is 0 Å². The first-order chi connectivity index (χ1) is 14.7. The molecule has 12 heteroatoms. The lowest BCUT2D eigenvalue weighted by atomic mass is 10.1. The first kappa shape index (κ1) is 26.1. The topological polar surface area (TPSA) is 206 Å². The highest BCUT2D eigenvalue weighted by Gasteiger charge is 2.38. The highest BCUT2D eigenvalue weighted by molar-refractivity contribution is 5.93. The molecule has 0 aliphatic carbocycles. The molecular weight excluding hydrogens is 406 g/mol. The molecule has 1 rings (SSSR count). The predicted molar refractivity (Wildman–Crippen MR) is 115 cm³/mol. The maximum atomic E-state index is 13.0. The van der Waals surface area contributed by atoms with E-state index in [4.69, 9.17) is 17.2 Å². The molecule has 0 spiro atoms. The number of hydrogen-bond acceptors (Lipinski definition) is 6. The van der Waals surface area contributed by atoms with Crippen molar-refractivity contribution in [2.75, 3.05) is 19.6 Å². The molecule has 31 heavy (non-hydrogen) atoms. The quantitative estimate of drug-likeness (QED) is 0.109. The summed E-state index contributed by atoms with van der Waals surface area (Å²) in [7, 11) is 0. The zero-order chi connectivity index (χ0) is 23.4. The van der Waals surface area contributed by atoms with E-state index in [-0.39, 0.29) is 30.7 Å². The highest BCUT2D eigenvalue weighted by Crippen LogP contribution is 2.20. The molecular formula is C19H35N7O5. The average Bonchev–Trinajstić information content (AvgIpc) is 3.18. The number of guanidine groups is 1. The molecule has 3 atom stereocenters. The van der Waals surface area contributed by atoms with Crippen molar-refractivity contribution in [1.82, 2.24) is 15.5 Å². The number of hydrogen-bond donors (Lipinski definition) is 6. The summed E-state index contributed by atoms with van der Waals surface area (Å²) < 4.78 is 0. The Balaban J connectivity index is 2.78. The van der Waals surface area contributed by atoms with Crippen LogP contribution in [0.4, 0.5) is 0 Å². The summed E-state index contributed by atoms with van der Waals surface area (Å²) in [6, 6.07) is -2.64. The summed E-state index contributed by atoms with van der Waals surface area (Å²) in [6.07, 6.45) is 3.35. The second kappa shape index (κ2) is 13.4. The van der Waals surface area contributed by atoms with Crippen molar-refractivity contribution in [3.63, 3.8) is 0 Å². The van der Waals surface area contributed by atoms with E-state index in [0.717, 1.165) is 0 Å². The summed E-state index contributed by atoms with van der Waals surface area (Å²) in [4.78, 5) is 54.1. The van der Waals surface area contributed by atoms with E-state index in [9.17, 15) is 24.3 Å². The second-order valence-corrected chi connectivity index (χ2v) is 7.58. The van der Waals surface area contributed by atoms with Gasteiger partial charge in [0.15, 0.2) is 5.96 Å². The number of carbonyl (C=O) groups is 4. The number of aliphatic imine (C=N–C) groups is 1. The number of nitrogens with two attached hydrogens (primary N) is 3. The van der Waals surface area contributed by atoms with Gasteiger partial charge < -0.3 is 37.8 Å². The maximum absolute atomic E-state index is 13.0. The molecule has 0 radical (unpaired) electrons. The molecule has 0 aromatic rings. The van der Waals surface area contributed by atoms with E-state index < -0.39 is 30.0 Å². The molecule has 3 unspecified atom stereocenters. The van der Waals surface area contributed by atoms with Crippen molar-refractivity contribution < 1.29 is 24.3 Å². The lowest BCUT2D eigenvalue weighted by molar-refractivity contribution is -0.145. The van der Waals surface area contributed by atoms with Gasteiger partial charge in [-0.3, -0.25) is 19.4 Å². The van der Waals surface area contributed by atoms with Gasteiger partial charge in [0.25, 0.3) is 0 Å². The standard InChI is InChI=1S/C19H35N7O5/c1-12(27)24-13(6-2-3-9-20)17(29)26-11-5-8-15(26)16(28)25-14(18(30)31)7-4-10-23-19(21)22/h13-15H,2-11,20H2,1H3,(H,24,27)(H,25,28)(H,30,31)(H4,21,22,23). The van der Waals surface area contributed by atoms with Crippen molar-refractivity contribution in [2.24, 2.45) is 22.2 Å². The number of carboxylic acids is 1. The van der Waals surface area contributed by atoms with Crippen LogP contribution in [0, 0.1) is 0 Å². The van der Waals surface area contributed by atoms with Gasteiger partial charge in [-0.1, -0.05) is 0 Å². The van der Waals surface area contributed by atoms with Crippen molar-refractivity contribution in [2.45, 2.75) is 70.0 Å². The van der Waals surface area contributed by atoms with Gasteiger partial charge in [0.1, 0.15) is 18.1 Å². The van der Waals surface area contributed by atoms with E-state index in [0.29, 0.717) is 51.6 Å². The molecule has 1 fully saturated rings. The molecule has 0 bridgehead atoms. The largest absolute Gasteiger partial charge is 0.480 e. The fraction of sp³-hybridized carbons (Fsp3) is 0.737. The summed E-state index contributed by atoms with van der Waals surface area (Å²) in [5.41, 5.74) is 16.0. The lowest BCUT2D eigenvalue weighted by Gasteiger charge is -2.29. The first-order valence-electron chi connectivity index (χ1n) is 10.5. The zero-order valence-electron chi connectivity index (χ0n) is 18.0. The van der Waals surface area contributed by atoms with E-state index in [2.05, 4.69) is 15.6 Å². The third-order valence-corrected chi connectivity index (χ3v) is 5.02. The molecule has 0 aromatic carbocycles. The number of rotatable bonds is 13. The minimum Gasteiger partial charge on any atom is -0.480 e. The monoisotopic (exact) mass is 441 g/mol. The number of unbranched alkanes of at least 4 members (excludes halogenated alkanes) is 1. The summed E-state index contributed by atoms with van der Waals surface area (Å²) in [6.45, 7) is 2.43. The lowest BCUT2D eigenvalue weighted by Crippen LogP contribution is -2.55. The van der Waals surface area contributed by atoms with Gasteiger partial charge in [0.05, 0.1) is 0 Å². The molecule has 3 amide bonds. The van der Waals surface area contributed by atoms with Crippen molar-refractivity contribution >= 4 is 29.7 Å². The fourth-order valence-corrected chi connectivity index (χ4v) is 3.53. The second-order valence-electron chi connectivity index (χ2n) is 7.58. The minimum atomic E-state index is -1.17. The van der Waals surface area contributed by atoms with Crippen LogP contribution >= 0.6 is 0 Å². The molecule has 0 aromatic heterocycles. The Labute approximate surface area is 182 Å². The average molecular weight is 442 g/mol. The highest BCUT2D eigenvalue weighted by atomic mass is 16.4. The number of amides is 3. The molecule has 1 heterocycles. The van der Waals surface area contributed by atoms with E-state index in [1.54, 1.807) is 0 Å². The van der Waals surface area contributed by atoms with Crippen LogP contribution in [0.2, 0.25) is 0 Å². The molecule has 0 saturated carbocycles. The third kappa shape index (κ3) is 9.20. The maximum Gasteiger partial charge on any atom is 0.326 e. The van der Waals surface area contributed by atoms with Crippen molar-refractivity contribution in [3.8, 4) is 0 Å². The van der Waals surface area contributed by atoms with Gasteiger partial charge >= 0.3 is 5.97 Å². The summed E-state index contributed by atoms with van der Waals surface area (Å²) in [5, 5.41) is 14.6. The first-order valence-corrected chi connectivity index (χ1v) is 10.5. The Bertz CT molecular complexity index is 666. The smallest absolute Gasteiger partial charge is 0.326 e. The van der Waals surface area contributed by atoms with Crippen LogP contribution in [0.5, 0.6) is 0 Å². The summed E-state index contributed by atoms with van der Waals surface area (Å²) >= 11 is 0. The minimum absolute atomic E-state index is 0.0868. The van der Waals surface area contributed by atoms with Crippen LogP contribution in [-0.4, -0.2) is 77.4 Å². The molecule has 9 N–H and O–H groups in total. The van der Waals surface area contributed by atoms with Gasteiger partial charge in [-0.15, -0.1) is 0 Å². The molecule has 12 nitrogen and oxygen atoms in total. The summed E-state index contributed by atoms with van der Waals surface area (Å²) in [5.74, 6) is -2.46. The Morgan fingerprint density at radius 2 is 1.77 bits per heavy atom. The van der Waals surface area contributed by atoms with E-state index in [1.165, 1.54) is 11.8 Å². The number of carbonyl (C=O) groups excluding carboxylic acids is 3. The Hall–Kier alpha value is -2.89. The zero-order valence-corrected chi connectivity index (χ0v) is 18.0. The molecule has 1 aliphatic rings. The SMILES string of the molecule is CC(=O)NC(CCCCN)C(=O)N1CCCC1C(=O)NC(CCCN=C(N)N)C(=O)O. The van der Waals surface area contributed by atoms with Gasteiger partial charge in [0, 0.05) is 20.0 Å². The van der Waals surface area contributed by atoms with Crippen molar-refractivity contribution in [1.29, 1.82) is 0 Å². The number of nitrogens with one attached hydrogen (secondary N) is 2. The van der Waals surface area contributed by atoms with Crippen LogP contribution < -0.4 is 27.8 Å². The molecule has 176 valence electrons. The van der Waals surface area contributed by atoms with Crippen LogP contribution in [0.15, 0.2) is 4.99 Å². The third-order valence-electron chi connectivity index (χ3n) is 5.02. The Morgan fingerprint density at radius 1 is 1.10 bits per heavy atom. The van der Waals surface area contributed by atoms with Crippen LogP contribution in [0.3, 0.4) is 0 Å². The van der Waals surface area contributed by atoms with Gasteiger partial charge in [-0.25, -0.2) is 4.79 Å². The molecule has 1 aliphatic heterocycles. The number of aliphatic carboxylic acids is 1. The molecule has 1 saturated heterocycles. The van der Waals surface area contributed by atoms with Crippen LogP contribution in [0.1, 0.15) is 51.9 Å². The Morgan fingerprint density at radius 3 is 2.35 bits per heavy atom. The van der Waals surface area contributed by atoms with Gasteiger partial charge in [-0.05, 0) is 51.5 Å². The van der Waals surface area contributed by atoms with Crippen LogP contribution in [0.25, 0.3) is 0 Å². The number of carboxylic acid groups (broad SMARTS) is 1. The Kier molecular flexibility index (Phi) is 11.3. The number of nitrogens with zero attached hydrogens (tertiary/aromatic N) is 2. The predicted octanol–water partition coefficient (Wildman–Crippen LogP) is -1.77. The van der Waals surface area contributed by atoms with E-state index >= 15 is 0 Å². The van der Waals surface area contributed by atoms with Crippen LogP contribution in [-0.2, 0) is 19.2 Å². The van der Waals surface area contributed by atoms with Gasteiger partial charge in [-0.2, -0.15) is 0 Å². The normalized spacial score (nSPS) is 17.5.